The Morgan fingerprint density at radius 1 is 1.29 bits per heavy atom. The van der Waals surface area contributed by atoms with Crippen molar-refractivity contribution in [2.45, 2.75) is 37.3 Å². The van der Waals surface area contributed by atoms with Gasteiger partial charge in [-0.1, -0.05) is 0 Å². The summed E-state index contributed by atoms with van der Waals surface area (Å²) >= 11 is 0.593. The predicted octanol–water partition coefficient (Wildman–Crippen LogP) is 2.00. The van der Waals surface area contributed by atoms with Crippen molar-refractivity contribution in [3.8, 4) is 0 Å². The number of ether oxygens (including phenoxy) is 1. The molecule has 14 heavy (non-hydrogen) atoms. The quantitative estimate of drug-likeness (QED) is 0.751. The van der Waals surface area contributed by atoms with E-state index in [0.29, 0.717) is 27.2 Å². The molecule has 0 radical (unpaired) electrons. The van der Waals surface area contributed by atoms with Crippen molar-refractivity contribution >= 4 is 19.4 Å². The molecule has 0 aliphatic carbocycles. The van der Waals surface area contributed by atoms with Gasteiger partial charge in [0.25, 0.3) is 0 Å². The Kier molecular flexibility index (Phi) is 3.63. The molecule has 1 aromatic rings. The molecule has 0 unspecified atom stereocenters. The van der Waals surface area contributed by atoms with E-state index in [-0.39, 0.29) is 0 Å². The summed E-state index contributed by atoms with van der Waals surface area (Å²) in [6, 6.07) is 10.8. The van der Waals surface area contributed by atoms with E-state index in [1.807, 2.05) is 0 Å². The molecule has 1 aromatic carbocycles. The zero-order chi connectivity index (χ0) is 9.80. The number of benzene rings is 1. The summed E-state index contributed by atoms with van der Waals surface area (Å²) < 4.78 is 7.29. The summed E-state index contributed by atoms with van der Waals surface area (Å²) in [6.45, 7) is 2.18. The molecule has 76 valence electrons. The molecule has 1 nitrogen and oxygen atoms in total. The maximum absolute atomic E-state index is 5.80. The molecule has 1 fully saturated rings. The standard InChI is InChI=1S/C12H16OSe/c1-10-7-8-11(13-10)9-14-12-5-3-2-4-6-12/h2-6,10-11H,7-9H2,1H3/t10-,11+/m0/s1. The average Bonchev–Trinajstić information content (AvgIpc) is 2.63. The number of hydrogen-bond acceptors (Lipinski definition) is 1. The van der Waals surface area contributed by atoms with E-state index in [0.717, 1.165) is 0 Å². The van der Waals surface area contributed by atoms with E-state index in [2.05, 4.69) is 37.3 Å². The molecule has 1 aliphatic rings. The molecule has 0 amide bonds. The monoisotopic (exact) mass is 256 g/mol. The van der Waals surface area contributed by atoms with Crippen molar-refractivity contribution in [1.29, 1.82) is 0 Å². The van der Waals surface area contributed by atoms with Gasteiger partial charge in [-0.2, -0.15) is 0 Å². The molecular weight excluding hydrogens is 239 g/mol. The molecular formula is C12H16OSe. The molecule has 0 saturated carbocycles. The van der Waals surface area contributed by atoms with E-state index in [1.165, 1.54) is 22.6 Å². The zero-order valence-corrected chi connectivity index (χ0v) is 10.2. The van der Waals surface area contributed by atoms with Gasteiger partial charge in [0.1, 0.15) is 0 Å². The second-order valence-electron chi connectivity index (χ2n) is 3.77. The van der Waals surface area contributed by atoms with Gasteiger partial charge in [0, 0.05) is 0 Å². The van der Waals surface area contributed by atoms with Crippen LogP contribution in [0.1, 0.15) is 19.8 Å². The normalized spacial score (nSPS) is 26.6. The van der Waals surface area contributed by atoms with Crippen molar-refractivity contribution in [1.82, 2.24) is 0 Å². The van der Waals surface area contributed by atoms with Crippen LogP contribution in [-0.2, 0) is 4.74 Å². The Hall–Kier alpha value is -0.301. The Balaban J connectivity index is 1.78. The van der Waals surface area contributed by atoms with Gasteiger partial charge in [0.15, 0.2) is 0 Å². The fraction of sp³-hybridized carbons (Fsp3) is 0.500. The second kappa shape index (κ2) is 4.97. The van der Waals surface area contributed by atoms with Gasteiger partial charge >= 0.3 is 91.8 Å². The first-order valence-electron chi connectivity index (χ1n) is 5.18. The van der Waals surface area contributed by atoms with Gasteiger partial charge in [0.2, 0.25) is 0 Å². The van der Waals surface area contributed by atoms with Crippen LogP contribution in [0.25, 0.3) is 0 Å². The Morgan fingerprint density at radius 3 is 2.71 bits per heavy atom. The van der Waals surface area contributed by atoms with Crippen LogP contribution in [0.4, 0.5) is 0 Å². The van der Waals surface area contributed by atoms with E-state index >= 15 is 0 Å². The van der Waals surface area contributed by atoms with Crippen LogP contribution < -0.4 is 4.46 Å². The Labute approximate surface area is 92.0 Å². The van der Waals surface area contributed by atoms with Crippen LogP contribution in [0.15, 0.2) is 30.3 Å². The van der Waals surface area contributed by atoms with E-state index in [4.69, 9.17) is 4.74 Å². The number of hydrogen-bond donors (Lipinski definition) is 0. The Bertz CT molecular complexity index is 273. The van der Waals surface area contributed by atoms with Gasteiger partial charge in [-0.3, -0.25) is 0 Å². The van der Waals surface area contributed by atoms with Crippen LogP contribution in [0, 0.1) is 0 Å². The average molecular weight is 255 g/mol. The molecule has 0 spiro atoms. The molecule has 0 bridgehead atoms. The zero-order valence-electron chi connectivity index (χ0n) is 8.48. The van der Waals surface area contributed by atoms with Crippen molar-refractivity contribution in [3.63, 3.8) is 0 Å². The summed E-state index contributed by atoms with van der Waals surface area (Å²) in [7, 11) is 0. The maximum atomic E-state index is 5.80. The van der Waals surface area contributed by atoms with Crippen molar-refractivity contribution in [2.75, 3.05) is 0 Å². The van der Waals surface area contributed by atoms with Crippen molar-refractivity contribution in [3.05, 3.63) is 30.3 Å². The third-order valence-corrected chi connectivity index (χ3v) is 4.90. The third kappa shape index (κ3) is 2.84. The van der Waals surface area contributed by atoms with Crippen molar-refractivity contribution < 1.29 is 4.74 Å². The van der Waals surface area contributed by atoms with Crippen LogP contribution in [0.3, 0.4) is 0 Å². The summed E-state index contributed by atoms with van der Waals surface area (Å²) in [5, 5.41) is 1.24. The van der Waals surface area contributed by atoms with E-state index in [1.54, 1.807) is 0 Å². The van der Waals surface area contributed by atoms with Crippen LogP contribution in [0.2, 0.25) is 5.32 Å². The first kappa shape index (κ1) is 10.2. The minimum atomic E-state index is 0.492. The van der Waals surface area contributed by atoms with E-state index < -0.39 is 0 Å². The fourth-order valence-electron chi connectivity index (χ4n) is 1.71. The number of rotatable bonds is 3. The van der Waals surface area contributed by atoms with Gasteiger partial charge in [-0.25, -0.2) is 0 Å². The topological polar surface area (TPSA) is 9.23 Å². The first-order valence-corrected chi connectivity index (χ1v) is 7.24. The third-order valence-electron chi connectivity index (χ3n) is 2.50. The van der Waals surface area contributed by atoms with Crippen LogP contribution in [-0.4, -0.2) is 27.2 Å². The molecule has 1 saturated heterocycles. The van der Waals surface area contributed by atoms with Gasteiger partial charge in [-0.05, 0) is 0 Å². The summed E-state index contributed by atoms with van der Waals surface area (Å²) in [6.07, 6.45) is 3.53. The fourth-order valence-corrected chi connectivity index (χ4v) is 3.76. The molecule has 0 aromatic heterocycles. The second-order valence-corrected chi connectivity index (χ2v) is 6.06. The summed E-state index contributed by atoms with van der Waals surface area (Å²) in [5.41, 5.74) is 0. The Morgan fingerprint density at radius 2 is 2.07 bits per heavy atom. The van der Waals surface area contributed by atoms with Gasteiger partial charge < -0.3 is 0 Å². The molecule has 0 N–H and O–H groups in total. The molecule has 1 heterocycles. The molecule has 2 heteroatoms. The molecule has 2 atom stereocenters. The van der Waals surface area contributed by atoms with Crippen LogP contribution >= 0.6 is 0 Å². The van der Waals surface area contributed by atoms with Crippen molar-refractivity contribution in [2.24, 2.45) is 0 Å². The minimum absolute atomic E-state index is 0.492. The van der Waals surface area contributed by atoms with Gasteiger partial charge in [0.05, 0.1) is 0 Å². The molecule has 2 rings (SSSR count). The van der Waals surface area contributed by atoms with Gasteiger partial charge in [-0.15, -0.1) is 0 Å². The van der Waals surface area contributed by atoms with Crippen LogP contribution in [0.5, 0.6) is 0 Å². The predicted molar refractivity (Wildman–Crippen MR) is 60.2 cm³/mol. The first-order chi connectivity index (χ1) is 6.84. The molecule has 1 aliphatic heterocycles. The SMILES string of the molecule is C[C@H]1CC[C@H](C[Se]c2ccccc2)O1. The van der Waals surface area contributed by atoms with E-state index in [9.17, 15) is 0 Å². The summed E-state index contributed by atoms with van der Waals surface area (Å²) in [4.78, 5) is 0. The summed E-state index contributed by atoms with van der Waals surface area (Å²) in [5.74, 6) is 0.